The van der Waals surface area contributed by atoms with Crippen molar-refractivity contribution >= 4 is 5.69 Å². The van der Waals surface area contributed by atoms with Crippen LogP contribution < -0.4 is 10.5 Å². The molecule has 1 aromatic heterocycles. The summed E-state index contributed by atoms with van der Waals surface area (Å²) in [6.45, 7) is 6.80. The largest absolute Gasteiger partial charge is 0.491 e. The molecule has 0 aliphatic rings. The van der Waals surface area contributed by atoms with E-state index in [0.29, 0.717) is 23.9 Å². The molecule has 6 nitrogen and oxygen atoms in total. The van der Waals surface area contributed by atoms with Crippen molar-refractivity contribution in [3.8, 4) is 17.1 Å². The van der Waals surface area contributed by atoms with E-state index in [2.05, 4.69) is 29.4 Å². The Morgan fingerprint density at radius 2 is 2.10 bits per heavy atom. The van der Waals surface area contributed by atoms with Gasteiger partial charge in [-0.3, -0.25) is 0 Å². The van der Waals surface area contributed by atoms with Gasteiger partial charge in [0.05, 0.1) is 23.9 Å². The van der Waals surface area contributed by atoms with Crippen LogP contribution in [0.15, 0.2) is 18.2 Å². The molecule has 114 valence electrons. The lowest BCUT2D eigenvalue weighted by Gasteiger charge is -2.17. The second-order valence-electron chi connectivity index (χ2n) is 4.95. The molecule has 0 bridgehead atoms. The first-order valence-electron chi connectivity index (χ1n) is 7.52. The number of nitrogen functional groups attached to an aromatic ring is 1. The van der Waals surface area contributed by atoms with Crippen molar-refractivity contribution in [1.29, 1.82) is 0 Å². The van der Waals surface area contributed by atoms with Crippen molar-refractivity contribution in [2.75, 3.05) is 12.3 Å². The van der Waals surface area contributed by atoms with E-state index in [9.17, 15) is 0 Å². The molecule has 1 unspecified atom stereocenters. The van der Waals surface area contributed by atoms with E-state index in [1.54, 1.807) is 0 Å². The second-order valence-corrected chi connectivity index (χ2v) is 4.95. The minimum absolute atomic E-state index is 0.288. The fourth-order valence-corrected chi connectivity index (χ4v) is 2.49. The van der Waals surface area contributed by atoms with Gasteiger partial charge in [0.2, 0.25) is 0 Å². The Morgan fingerprint density at radius 3 is 2.76 bits per heavy atom. The van der Waals surface area contributed by atoms with Crippen molar-refractivity contribution in [2.24, 2.45) is 0 Å². The van der Waals surface area contributed by atoms with Crippen LogP contribution in [0.1, 0.15) is 46.1 Å². The monoisotopic (exact) mass is 289 g/mol. The highest BCUT2D eigenvalue weighted by Crippen LogP contribution is 2.35. The summed E-state index contributed by atoms with van der Waals surface area (Å²) in [5, 5.41) is 12.2. The molecule has 0 amide bonds. The van der Waals surface area contributed by atoms with Crippen LogP contribution >= 0.6 is 0 Å². The maximum atomic E-state index is 6.03. The maximum absolute atomic E-state index is 6.03. The minimum atomic E-state index is 0.288. The summed E-state index contributed by atoms with van der Waals surface area (Å²) in [4.78, 5) is 0. The number of nitrogens with two attached hydrogens (primary N) is 1. The number of nitrogens with zero attached hydrogens (tertiary/aromatic N) is 4. The lowest BCUT2D eigenvalue weighted by Crippen LogP contribution is -2.12. The number of hydrogen-bond donors (Lipinski definition) is 1. The third-order valence-electron chi connectivity index (χ3n) is 3.51. The number of ether oxygens (including phenoxy) is 1. The van der Waals surface area contributed by atoms with Gasteiger partial charge in [0.1, 0.15) is 0 Å². The Bertz CT molecular complexity index is 581. The van der Waals surface area contributed by atoms with Gasteiger partial charge < -0.3 is 10.5 Å². The maximum Gasteiger partial charge on any atom is 0.186 e. The molecule has 21 heavy (non-hydrogen) atoms. The highest BCUT2D eigenvalue weighted by atomic mass is 16.5. The van der Waals surface area contributed by atoms with Crippen molar-refractivity contribution < 1.29 is 4.74 Å². The van der Waals surface area contributed by atoms with Crippen molar-refractivity contribution in [3.05, 3.63) is 18.2 Å². The molecular formula is C15H23N5O. The van der Waals surface area contributed by atoms with Gasteiger partial charge in [-0.05, 0) is 42.3 Å². The fraction of sp³-hybridized carbons (Fsp3) is 0.533. The van der Waals surface area contributed by atoms with Crippen LogP contribution in [0.25, 0.3) is 11.4 Å². The van der Waals surface area contributed by atoms with Gasteiger partial charge >= 0.3 is 0 Å². The molecule has 0 aliphatic heterocycles. The van der Waals surface area contributed by atoms with Gasteiger partial charge in [-0.15, -0.1) is 5.10 Å². The van der Waals surface area contributed by atoms with Gasteiger partial charge in [-0.1, -0.05) is 26.3 Å². The number of hydrogen-bond acceptors (Lipinski definition) is 5. The number of tetrazole rings is 1. The lowest BCUT2D eigenvalue weighted by atomic mass is 10.1. The first kappa shape index (κ1) is 15.3. The lowest BCUT2D eigenvalue weighted by molar-refractivity contribution is 0.342. The van der Waals surface area contributed by atoms with Crippen molar-refractivity contribution in [2.45, 2.75) is 46.1 Å². The number of benzene rings is 1. The zero-order valence-electron chi connectivity index (χ0n) is 12.9. The van der Waals surface area contributed by atoms with Crippen LogP contribution in [-0.2, 0) is 0 Å². The molecule has 0 aliphatic carbocycles. The van der Waals surface area contributed by atoms with E-state index in [1.165, 1.54) is 0 Å². The Labute approximate surface area is 125 Å². The molecular weight excluding hydrogens is 266 g/mol. The average Bonchev–Trinajstić information content (AvgIpc) is 2.96. The zero-order valence-corrected chi connectivity index (χ0v) is 12.9. The van der Waals surface area contributed by atoms with Crippen LogP contribution in [0.4, 0.5) is 5.69 Å². The van der Waals surface area contributed by atoms with E-state index in [1.807, 2.05) is 29.8 Å². The van der Waals surface area contributed by atoms with Gasteiger partial charge in [0.15, 0.2) is 11.6 Å². The number of para-hydroxylation sites is 1. The van der Waals surface area contributed by atoms with Gasteiger partial charge in [0.25, 0.3) is 0 Å². The molecule has 1 aromatic carbocycles. The minimum Gasteiger partial charge on any atom is -0.491 e. The fourth-order valence-electron chi connectivity index (χ4n) is 2.49. The Morgan fingerprint density at radius 1 is 1.29 bits per heavy atom. The Kier molecular flexibility index (Phi) is 5.14. The zero-order chi connectivity index (χ0) is 15.2. The first-order valence-corrected chi connectivity index (χ1v) is 7.52. The summed E-state index contributed by atoms with van der Waals surface area (Å²) in [6, 6.07) is 5.96. The topological polar surface area (TPSA) is 78.9 Å². The summed E-state index contributed by atoms with van der Waals surface area (Å²) in [5.41, 5.74) is 7.48. The molecule has 0 fully saturated rings. The van der Waals surface area contributed by atoms with Crippen LogP contribution in [0.5, 0.6) is 5.75 Å². The van der Waals surface area contributed by atoms with Crippen LogP contribution in [-0.4, -0.2) is 26.8 Å². The molecule has 1 atom stereocenters. The Hall–Kier alpha value is -2.11. The predicted octanol–water partition coefficient (Wildman–Crippen LogP) is 3.07. The predicted molar refractivity (Wildman–Crippen MR) is 83.1 cm³/mol. The molecule has 1 heterocycles. The highest BCUT2D eigenvalue weighted by molar-refractivity contribution is 5.73. The molecule has 2 rings (SSSR count). The normalized spacial score (nSPS) is 12.3. The van der Waals surface area contributed by atoms with E-state index in [0.717, 1.165) is 24.8 Å². The summed E-state index contributed by atoms with van der Waals surface area (Å²) < 4.78 is 7.58. The quantitative estimate of drug-likeness (QED) is 0.792. The third-order valence-corrected chi connectivity index (χ3v) is 3.51. The molecule has 0 saturated heterocycles. The smallest absolute Gasteiger partial charge is 0.186 e. The summed E-state index contributed by atoms with van der Waals surface area (Å²) in [6.07, 6.45) is 3.12. The van der Waals surface area contributed by atoms with Crippen LogP contribution in [0, 0.1) is 0 Å². The molecule has 0 radical (unpaired) electrons. The standard InChI is InChI=1S/C15H23N5O/c1-4-8-11(5-2)20-15(17-18-19-20)12-9-7-10-13(16)14(12)21-6-3/h7,9-11H,4-6,8,16H2,1-3H3. The van der Waals surface area contributed by atoms with Crippen LogP contribution in [0.2, 0.25) is 0 Å². The number of anilines is 1. The first-order chi connectivity index (χ1) is 10.2. The highest BCUT2D eigenvalue weighted by Gasteiger charge is 2.20. The van der Waals surface area contributed by atoms with Crippen LogP contribution in [0.3, 0.4) is 0 Å². The van der Waals surface area contributed by atoms with E-state index in [-0.39, 0.29) is 6.04 Å². The molecule has 0 saturated carbocycles. The van der Waals surface area contributed by atoms with Crippen molar-refractivity contribution in [1.82, 2.24) is 20.2 Å². The van der Waals surface area contributed by atoms with E-state index < -0.39 is 0 Å². The summed E-state index contributed by atoms with van der Waals surface area (Å²) in [5.74, 6) is 1.37. The molecule has 2 aromatic rings. The van der Waals surface area contributed by atoms with E-state index >= 15 is 0 Å². The summed E-state index contributed by atoms with van der Waals surface area (Å²) >= 11 is 0. The van der Waals surface area contributed by atoms with Gasteiger partial charge in [0, 0.05) is 0 Å². The molecule has 0 spiro atoms. The molecule has 2 N–H and O–H groups in total. The van der Waals surface area contributed by atoms with E-state index in [4.69, 9.17) is 10.5 Å². The third kappa shape index (κ3) is 3.15. The van der Waals surface area contributed by atoms with Crippen molar-refractivity contribution in [3.63, 3.8) is 0 Å². The number of aromatic nitrogens is 4. The molecule has 6 heteroatoms. The summed E-state index contributed by atoms with van der Waals surface area (Å²) in [7, 11) is 0. The number of rotatable bonds is 7. The second kappa shape index (κ2) is 7.06. The van der Waals surface area contributed by atoms with Gasteiger partial charge in [-0.25, -0.2) is 4.68 Å². The van der Waals surface area contributed by atoms with Gasteiger partial charge in [-0.2, -0.15) is 0 Å². The average molecular weight is 289 g/mol. The Balaban J connectivity index is 2.48. The SMILES string of the molecule is CCCC(CC)n1nnnc1-c1cccc(N)c1OCC.